The number of methoxy groups -OCH3 is 1. The molecular formula is C27H46O4Si2. The molecule has 0 bridgehead atoms. The molecule has 3 rings (SSSR count). The summed E-state index contributed by atoms with van der Waals surface area (Å²) in [5, 5.41) is 0.317. The van der Waals surface area contributed by atoms with Crippen LogP contribution < -0.4 is 9.47 Å². The average molecular weight is 491 g/mol. The molecule has 0 fully saturated rings. The lowest BCUT2D eigenvalue weighted by Crippen LogP contribution is -2.49. The van der Waals surface area contributed by atoms with Gasteiger partial charge in [-0.25, -0.2) is 0 Å². The van der Waals surface area contributed by atoms with Crippen LogP contribution in [-0.4, -0.2) is 36.5 Å². The maximum Gasteiger partial charge on any atom is 0.192 e. The fourth-order valence-electron chi connectivity index (χ4n) is 4.17. The quantitative estimate of drug-likeness (QED) is 0.291. The molecule has 0 saturated carbocycles. The molecule has 1 heterocycles. The summed E-state index contributed by atoms with van der Waals surface area (Å²) in [6.07, 6.45) is 6.73. The lowest BCUT2D eigenvalue weighted by molar-refractivity contribution is 0.107. The zero-order chi connectivity index (χ0) is 24.9. The molecular weight excluding hydrogens is 444 g/mol. The van der Waals surface area contributed by atoms with Crippen molar-refractivity contribution in [2.75, 3.05) is 13.7 Å². The van der Waals surface area contributed by atoms with E-state index < -0.39 is 16.6 Å². The molecule has 0 unspecified atom stereocenters. The molecule has 0 spiro atoms. The molecule has 2 atom stereocenters. The Morgan fingerprint density at radius 2 is 1.58 bits per heavy atom. The van der Waals surface area contributed by atoms with Crippen molar-refractivity contribution >= 4 is 16.6 Å². The normalized spacial score (nSPS) is 23.2. The van der Waals surface area contributed by atoms with Crippen LogP contribution in [0.5, 0.6) is 11.5 Å². The number of hydrogen-bond acceptors (Lipinski definition) is 4. The standard InChI is InChI=1S/C27H46O4Si2/c1-25(2,3)32(8,9)29-18-20-15-16-21(28-7)24-23(20)27(17-13-12-14-22(27)31-24)19-30-33(10,11)26(4,5)6/h13,15-17,22H,12,14,18-19H2,1-11H3/t22-,27-/m0/s1. The van der Waals surface area contributed by atoms with E-state index >= 15 is 0 Å². The molecule has 1 aromatic carbocycles. The maximum atomic E-state index is 6.86. The van der Waals surface area contributed by atoms with Crippen molar-refractivity contribution in [1.29, 1.82) is 0 Å². The van der Waals surface area contributed by atoms with E-state index in [0.717, 1.165) is 24.3 Å². The van der Waals surface area contributed by atoms with Crippen molar-refractivity contribution in [3.05, 3.63) is 35.4 Å². The van der Waals surface area contributed by atoms with E-state index in [0.29, 0.717) is 13.2 Å². The topological polar surface area (TPSA) is 36.9 Å². The number of allylic oxidation sites excluding steroid dienone is 1. The van der Waals surface area contributed by atoms with Crippen LogP contribution in [0.4, 0.5) is 0 Å². The molecule has 0 aromatic heterocycles. The van der Waals surface area contributed by atoms with E-state index in [4.69, 9.17) is 18.3 Å². The summed E-state index contributed by atoms with van der Waals surface area (Å²) in [7, 11) is -2.11. The van der Waals surface area contributed by atoms with Gasteiger partial charge in [-0.15, -0.1) is 0 Å². The van der Waals surface area contributed by atoms with Crippen molar-refractivity contribution < 1.29 is 18.3 Å². The SMILES string of the molecule is COc1ccc(CO[Si](C)(C)C(C)(C)C)c2c1O[C@H]1CCC=C[C@@]21CO[Si](C)(C)C(C)(C)C. The Kier molecular flexibility index (Phi) is 7.11. The molecule has 0 amide bonds. The van der Waals surface area contributed by atoms with Gasteiger partial charge < -0.3 is 18.3 Å². The van der Waals surface area contributed by atoms with E-state index in [1.807, 2.05) is 6.07 Å². The lowest BCUT2D eigenvalue weighted by Gasteiger charge is -2.42. The van der Waals surface area contributed by atoms with Gasteiger partial charge in [0.1, 0.15) is 6.10 Å². The van der Waals surface area contributed by atoms with E-state index in [-0.39, 0.29) is 21.6 Å². The molecule has 0 radical (unpaired) electrons. The third-order valence-corrected chi connectivity index (χ3v) is 17.6. The number of rotatable bonds is 7. The summed E-state index contributed by atoms with van der Waals surface area (Å²) < 4.78 is 25.9. The fraction of sp³-hybridized carbons (Fsp3) is 0.704. The summed E-state index contributed by atoms with van der Waals surface area (Å²) >= 11 is 0. The highest BCUT2D eigenvalue weighted by molar-refractivity contribution is 6.74. The van der Waals surface area contributed by atoms with Gasteiger partial charge in [-0.1, -0.05) is 59.8 Å². The van der Waals surface area contributed by atoms with Crippen molar-refractivity contribution in [3.8, 4) is 11.5 Å². The predicted molar refractivity (Wildman–Crippen MR) is 143 cm³/mol. The molecule has 1 aromatic rings. The molecule has 33 heavy (non-hydrogen) atoms. The summed E-state index contributed by atoms with van der Waals surface area (Å²) in [5.74, 6) is 1.68. The first-order valence-electron chi connectivity index (χ1n) is 12.4. The van der Waals surface area contributed by atoms with Crippen LogP contribution in [0.15, 0.2) is 24.3 Å². The van der Waals surface area contributed by atoms with Crippen molar-refractivity contribution in [3.63, 3.8) is 0 Å². The van der Waals surface area contributed by atoms with E-state index in [1.165, 1.54) is 11.1 Å². The van der Waals surface area contributed by atoms with E-state index in [1.54, 1.807) is 7.11 Å². The highest BCUT2D eigenvalue weighted by atomic mass is 28.4. The van der Waals surface area contributed by atoms with Gasteiger partial charge in [-0.05, 0) is 60.7 Å². The van der Waals surface area contributed by atoms with Crippen LogP contribution in [-0.2, 0) is 20.9 Å². The Balaban J connectivity index is 2.05. The fourth-order valence-corrected chi connectivity index (χ4v) is 6.16. The van der Waals surface area contributed by atoms with Gasteiger partial charge in [0.15, 0.2) is 28.1 Å². The monoisotopic (exact) mass is 490 g/mol. The minimum atomic E-state index is -1.93. The van der Waals surface area contributed by atoms with Crippen molar-refractivity contribution in [2.24, 2.45) is 0 Å². The Morgan fingerprint density at radius 1 is 0.970 bits per heavy atom. The van der Waals surface area contributed by atoms with Gasteiger partial charge in [0, 0.05) is 5.56 Å². The van der Waals surface area contributed by atoms with Gasteiger partial charge in [-0.2, -0.15) is 0 Å². The highest BCUT2D eigenvalue weighted by Gasteiger charge is 2.52. The van der Waals surface area contributed by atoms with Crippen LogP contribution in [0, 0.1) is 0 Å². The Hall–Kier alpha value is -1.09. The summed E-state index contributed by atoms with van der Waals surface area (Å²) in [6, 6.07) is 4.21. The van der Waals surface area contributed by atoms with Crippen LogP contribution in [0.1, 0.15) is 65.5 Å². The second-order valence-electron chi connectivity index (χ2n) is 12.9. The first kappa shape index (κ1) is 26.5. The molecule has 0 N–H and O–H groups in total. The first-order chi connectivity index (χ1) is 15.1. The van der Waals surface area contributed by atoms with Gasteiger partial charge in [0.25, 0.3) is 0 Å². The minimum Gasteiger partial charge on any atom is -0.493 e. The zero-order valence-corrected chi connectivity index (χ0v) is 24.8. The lowest BCUT2D eigenvalue weighted by atomic mass is 9.72. The molecule has 186 valence electrons. The largest absolute Gasteiger partial charge is 0.493 e. The van der Waals surface area contributed by atoms with Crippen molar-refractivity contribution in [2.45, 2.75) is 109 Å². The van der Waals surface area contributed by atoms with Crippen LogP contribution in [0.2, 0.25) is 36.3 Å². The van der Waals surface area contributed by atoms with Crippen LogP contribution in [0.25, 0.3) is 0 Å². The van der Waals surface area contributed by atoms with Gasteiger partial charge >= 0.3 is 0 Å². The molecule has 2 aliphatic rings. The summed E-state index contributed by atoms with van der Waals surface area (Å²) in [4.78, 5) is 0. The number of ether oxygens (including phenoxy) is 2. The number of fused-ring (bicyclic) bond motifs is 3. The van der Waals surface area contributed by atoms with Gasteiger partial charge in [-0.3, -0.25) is 0 Å². The molecule has 1 aliphatic heterocycles. The highest BCUT2D eigenvalue weighted by Crippen LogP contribution is 2.54. The van der Waals surface area contributed by atoms with Crippen molar-refractivity contribution in [1.82, 2.24) is 0 Å². The Bertz CT molecular complexity index is 893. The summed E-state index contributed by atoms with van der Waals surface area (Å²) in [6.45, 7) is 24.3. The molecule has 0 saturated heterocycles. The average Bonchev–Trinajstić information content (AvgIpc) is 3.05. The van der Waals surface area contributed by atoms with Gasteiger partial charge in [0.05, 0.1) is 25.7 Å². The zero-order valence-electron chi connectivity index (χ0n) is 22.8. The molecule has 6 heteroatoms. The van der Waals surface area contributed by atoms with Crippen LogP contribution in [0.3, 0.4) is 0 Å². The second kappa shape index (κ2) is 8.85. The molecule has 4 nitrogen and oxygen atoms in total. The van der Waals surface area contributed by atoms with E-state index in [9.17, 15) is 0 Å². The summed E-state index contributed by atoms with van der Waals surface area (Å²) in [5.41, 5.74) is 2.10. The third kappa shape index (κ3) is 4.86. The Labute approximate surface area is 204 Å². The van der Waals surface area contributed by atoms with Gasteiger partial charge in [0.2, 0.25) is 0 Å². The second-order valence-corrected chi connectivity index (χ2v) is 22.5. The molecule has 1 aliphatic carbocycles. The number of hydrogen-bond donors (Lipinski definition) is 0. The predicted octanol–water partition coefficient (Wildman–Crippen LogP) is 7.59. The first-order valence-corrected chi connectivity index (χ1v) is 18.2. The Morgan fingerprint density at radius 3 is 2.15 bits per heavy atom. The minimum absolute atomic E-state index is 0.0604. The van der Waals surface area contributed by atoms with E-state index in [2.05, 4.69) is 85.9 Å². The maximum absolute atomic E-state index is 6.86. The third-order valence-electron chi connectivity index (χ3n) is 8.61. The van der Waals surface area contributed by atoms with Crippen LogP contribution >= 0.6 is 0 Å². The number of benzene rings is 1. The smallest absolute Gasteiger partial charge is 0.192 e.